The smallest absolute Gasteiger partial charge is 0.214 e. The highest BCUT2D eigenvalue weighted by Gasteiger charge is 2.18. The predicted molar refractivity (Wildman–Crippen MR) is 82.1 cm³/mol. The van der Waals surface area contributed by atoms with Crippen molar-refractivity contribution < 1.29 is 4.74 Å². The molecule has 0 bridgehead atoms. The minimum absolute atomic E-state index is 0.317. The highest BCUT2D eigenvalue weighted by molar-refractivity contribution is 5.25. The van der Waals surface area contributed by atoms with Crippen LogP contribution in [0.15, 0.2) is 12.1 Å². The van der Waals surface area contributed by atoms with Crippen molar-refractivity contribution in [2.24, 2.45) is 0 Å². The van der Waals surface area contributed by atoms with Crippen LogP contribution in [0.2, 0.25) is 0 Å². The van der Waals surface area contributed by atoms with Crippen LogP contribution in [-0.2, 0) is 13.0 Å². The third-order valence-corrected chi connectivity index (χ3v) is 3.81. The summed E-state index contributed by atoms with van der Waals surface area (Å²) in [4.78, 5) is 6.96. The number of ether oxygens (including phenoxy) is 1. The van der Waals surface area contributed by atoms with E-state index >= 15 is 0 Å². The van der Waals surface area contributed by atoms with E-state index in [1.807, 2.05) is 0 Å². The molecule has 4 heteroatoms. The van der Waals surface area contributed by atoms with Crippen LogP contribution < -0.4 is 10.1 Å². The Balaban J connectivity index is 2.02. The van der Waals surface area contributed by atoms with Gasteiger partial charge in [-0.1, -0.05) is 13.8 Å². The summed E-state index contributed by atoms with van der Waals surface area (Å²) in [5, 5.41) is 3.36. The molecular formula is C16H27N3O. The topological polar surface area (TPSA) is 37.4 Å². The molecule has 0 spiro atoms. The fraction of sp³-hybridized carbons (Fsp3) is 0.688. The van der Waals surface area contributed by atoms with E-state index < -0.39 is 0 Å². The molecule has 1 N–H and O–H groups in total. The Morgan fingerprint density at radius 3 is 2.70 bits per heavy atom. The number of aromatic nitrogens is 1. The van der Waals surface area contributed by atoms with Crippen molar-refractivity contribution in [3.63, 3.8) is 0 Å². The van der Waals surface area contributed by atoms with Gasteiger partial charge in [-0.15, -0.1) is 0 Å². The van der Waals surface area contributed by atoms with Gasteiger partial charge in [0.05, 0.1) is 0 Å². The van der Waals surface area contributed by atoms with Gasteiger partial charge >= 0.3 is 0 Å². The third-order valence-electron chi connectivity index (χ3n) is 3.81. The van der Waals surface area contributed by atoms with Crippen LogP contribution in [-0.4, -0.2) is 42.7 Å². The van der Waals surface area contributed by atoms with Crippen LogP contribution in [0.25, 0.3) is 0 Å². The van der Waals surface area contributed by atoms with Gasteiger partial charge in [-0.25, -0.2) is 4.98 Å². The first kappa shape index (κ1) is 15.3. The Hall–Kier alpha value is -1.13. The molecule has 0 radical (unpaired) electrons. The first-order chi connectivity index (χ1) is 9.71. The Morgan fingerprint density at radius 2 is 2.05 bits per heavy atom. The van der Waals surface area contributed by atoms with Crippen LogP contribution in [0.4, 0.5) is 0 Å². The maximum absolute atomic E-state index is 6.10. The van der Waals surface area contributed by atoms with Crippen molar-refractivity contribution in [3.8, 4) is 5.88 Å². The Morgan fingerprint density at radius 1 is 1.30 bits per heavy atom. The third kappa shape index (κ3) is 4.46. The highest BCUT2D eigenvalue weighted by Crippen LogP contribution is 2.19. The molecular weight excluding hydrogens is 250 g/mol. The van der Waals surface area contributed by atoms with E-state index in [-0.39, 0.29) is 0 Å². The average molecular weight is 277 g/mol. The lowest BCUT2D eigenvalue weighted by molar-refractivity contribution is 0.109. The van der Waals surface area contributed by atoms with Crippen molar-refractivity contribution in [2.45, 2.75) is 45.8 Å². The lowest BCUT2D eigenvalue weighted by atomic mass is 10.1. The minimum atomic E-state index is 0.317. The summed E-state index contributed by atoms with van der Waals surface area (Å²) in [6.07, 6.45) is 3.45. The maximum Gasteiger partial charge on any atom is 0.214 e. The van der Waals surface area contributed by atoms with Crippen LogP contribution in [0, 0.1) is 0 Å². The number of hydrogen-bond acceptors (Lipinski definition) is 4. The van der Waals surface area contributed by atoms with Gasteiger partial charge < -0.3 is 15.0 Å². The average Bonchev–Trinajstić information content (AvgIpc) is 2.47. The van der Waals surface area contributed by atoms with E-state index in [2.05, 4.69) is 48.2 Å². The number of aryl methyl sites for hydroxylation is 1. The standard InChI is InChI=1S/C16H27N3O/c1-4-14-10-13(12-17-5-2)11-16(18-14)20-15-6-8-19(3)9-7-15/h10-11,15,17H,4-9,12H2,1-3H3. The van der Waals surface area contributed by atoms with Crippen molar-refractivity contribution in [3.05, 3.63) is 23.4 Å². The van der Waals surface area contributed by atoms with Crippen molar-refractivity contribution >= 4 is 0 Å². The minimum Gasteiger partial charge on any atom is -0.474 e. The van der Waals surface area contributed by atoms with Crippen LogP contribution in [0.3, 0.4) is 0 Å². The number of rotatable bonds is 6. The number of nitrogens with zero attached hydrogens (tertiary/aromatic N) is 2. The first-order valence-corrected chi connectivity index (χ1v) is 7.77. The van der Waals surface area contributed by atoms with Gasteiger partial charge in [0.25, 0.3) is 0 Å². The molecule has 0 atom stereocenters. The van der Waals surface area contributed by atoms with E-state index in [0.717, 1.165) is 57.0 Å². The molecule has 0 aromatic carbocycles. The summed E-state index contributed by atoms with van der Waals surface area (Å²) < 4.78 is 6.10. The fourth-order valence-corrected chi connectivity index (χ4v) is 2.51. The lowest BCUT2D eigenvalue weighted by Gasteiger charge is -2.29. The van der Waals surface area contributed by atoms with E-state index in [0.29, 0.717) is 6.10 Å². The lowest BCUT2D eigenvalue weighted by Crippen LogP contribution is -2.35. The summed E-state index contributed by atoms with van der Waals surface area (Å²) in [5.41, 5.74) is 2.38. The molecule has 2 rings (SSSR count). The molecule has 4 nitrogen and oxygen atoms in total. The second-order valence-electron chi connectivity index (χ2n) is 5.56. The number of piperidine rings is 1. The summed E-state index contributed by atoms with van der Waals surface area (Å²) in [5.74, 6) is 0.798. The Kier molecular flexibility index (Phi) is 5.80. The van der Waals surface area contributed by atoms with Gasteiger partial charge in [-0.3, -0.25) is 0 Å². The van der Waals surface area contributed by atoms with Crippen molar-refractivity contribution in [2.75, 3.05) is 26.7 Å². The molecule has 0 saturated carbocycles. The van der Waals surface area contributed by atoms with E-state index in [9.17, 15) is 0 Å². The number of pyridine rings is 1. The second kappa shape index (κ2) is 7.60. The van der Waals surface area contributed by atoms with Gasteiger partial charge in [-0.05, 0) is 44.5 Å². The van der Waals surface area contributed by atoms with Crippen molar-refractivity contribution in [1.82, 2.24) is 15.2 Å². The van der Waals surface area contributed by atoms with Crippen LogP contribution in [0.5, 0.6) is 5.88 Å². The van der Waals surface area contributed by atoms with E-state index in [1.54, 1.807) is 0 Å². The molecule has 0 unspecified atom stereocenters. The predicted octanol–water partition coefficient (Wildman–Crippen LogP) is 2.23. The molecule has 0 aliphatic carbocycles. The molecule has 2 heterocycles. The number of hydrogen-bond donors (Lipinski definition) is 1. The SMILES string of the molecule is CCNCc1cc(CC)nc(OC2CCN(C)CC2)c1. The van der Waals surface area contributed by atoms with Crippen LogP contribution >= 0.6 is 0 Å². The molecule has 1 aliphatic rings. The summed E-state index contributed by atoms with van der Waals surface area (Å²) in [6.45, 7) is 8.35. The quantitative estimate of drug-likeness (QED) is 0.865. The summed E-state index contributed by atoms with van der Waals surface area (Å²) >= 11 is 0. The first-order valence-electron chi connectivity index (χ1n) is 7.77. The normalized spacial score (nSPS) is 17.4. The monoisotopic (exact) mass is 277 g/mol. The second-order valence-corrected chi connectivity index (χ2v) is 5.56. The zero-order chi connectivity index (χ0) is 14.4. The van der Waals surface area contributed by atoms with E-state index in [1.165, 1.54) is 5.56 Å². The number of likely N-dealkylation sites (tertiary alicyclic amines) is 1. The van der Waals surface area contributed by atoms with Gasteiger partial charge in [0, 0.05) is 31.4 Å². The molecule has 1 saturated heterocycles. The zero-order valence-corrected chi connectivity index (χ0v) is 13.0. The Bertz CT molecular complexity index is 414. The molecule has 112 valence electrons. The molecule has 1 aliphatic heterocycles. The van der Waals surface area contributed by atoms with E-state index in [4.69, 9.17) is 4.74 Å². The molecule has 1 aromatic rings. The maximum atomic E-state index is 6.10. The Labute approximate surface area is 122 Å². The van der Waals surface area contributed by atoms with Gasteiger partial charge in [0.2, 0.25) is 5.88 Å². The van der Waals surface area contributed by atoms with Gasteiger partial charge in [0.1, 0.15) is 6.10 Å². The number of nitrogens with one attached hydrogen (secondary N) is 1. The van der Waals surface area contributed by atoms with Gasteiger partial charge in [0.15, 0.2) is 0 Å². The summed E-state index contributed by atoms with van der Waals surface area (Å²) in [7, 11) is 2.17. The zero-order valence-electron chi connectivity index (χ0n) is 13.0. The molecule has 1 aromatic heterocycles. The van der Waals surface area contributed by atoms with Crippen LogP contribution in [0.1, 0.15) is 37.9 Å². The van der Waals surface area contributed by atoms with Gasteiger partial charge in [-0.2, -0.15) is 0 Å². The molecule has 20 heavy (non-hydrogen) atoms. The highest BCUT2D eigenvalue weighted by atomic mass is 16.5. The molecule has 0 amide bonds. The fourth-order valence-electron chi connectivity index (χ4n) is 2.51. The molecule has 1 fully saturated rings. The largest absolute Gasteiger partial charge is 0.474 e. The van der Waals surface area contributed by atoms with Crippen molar-refractivity contribution in [1.29, 1.82) is 0 Å². The summed E-state index contributed by atoms with van der Waals surface area (Å²) in [6, 6.07) is 4.25.